The van der Waals surface area contributed by atoms with Crippen molar-refractivity contribution in [3.63, 3.8) is 0 Å². The van der Waals surface area contributed by atoms with Gasteiger partial charge in [0.1, 0.15) is 6.10 Å². The molecule has 0 fully saturated rings. The highest BCUT2D eigenvalue weighted by Gasteiger charge is 2.27. The Morgan fingerprint density at radius 2 is 2.15 bits per heavy atom. The molecule has 1 atom stereocenters. The highest BCUT2D eigenvalue weighted by molar-refractivity contribution is 6.06. The number of carbonyl (C=O) groups excluding carboxylic acids is 1. The first kappa shape index (κ1) is 16.7. The fraction of sp³-hybridized carbons (Fsp3) is 0.412. The van der Waals surface area contributed by atoms with Crippen molar-refractivity contribution in [2.75, 3.05) is 13.2 Å². The van der Waals surface area contributed by atoms with Gasteiger partial charge in [-0.05, 0) is 26.0 Å². The van der Waals surface area contributed by atoms with Crippen LogP contribution in [0, 0.1) is 13.8 Å². The third-order valence-electron chi connectivity index (χ3n) is 4.59. The minimum Gasteiger partial charge on any atom is -0.393 e. The third kappa shape index (κ3) is 2.65. The van der Waals surface area contributed by atoms with Gasteiger partial charge in [-0.25, -0.2) is 4.98 Å². The molecule has 136 valence electrons. The summed E-state index contributed by atoms with van der Waals surface area (Å²) < 4.78 is 6.97. The molecule has 4 rings (SSSR count). The Kier molecular flexibility index (Phi) is 3.97. The maximum atomic E-state index is 13.1. The number of nitrogens with zero attached hydrogens (tertiary/aromatic N) is 5. The number of hydrogen-bond acceptors (Lipinski definition) is 7. The number of rotatable bonds is 3. The van der Waals surface area contributed by atoms with E-state index in [1.165, 1.54) is 0 Å². The summed E-state index contributed by atoms with van der Waals surface area (Å²) in [7, 11) is 0. The number of carbonyl (C=O) groups is 1. The van der Waals surface area contributed by atoms with Crippen LogP contribution in [-0.2, 0) is 13.1 Å². The van der Waals surface area contributed by atoms with Crippen LogP contribution >= 0.6 is 0 Å². The van der Waals surface area contributed by atoms with Gasteiger partial charge in [-0.1, -0.05) is 5.16 Å². The lowest BCUT2D eigenvalue weighted by Crippen LogP contribution is -2.38. The van der Waals surface area contributed by atoms with Gasteiger partial charge in [0.05, 0.1) is 47.7 Å². The number of aromatic nitrogens is 4. The zero-order chi connectivity index (χ0) is 18.4. The molecular formula is C17H19N5O4. The molecule has 0 aromatic carbocycles. The number of fused-ring (bicyclic) bond motifs is 2. The van der Waals surface area contributed by atoms with E-state index in [9.17, 15) is 9.90 Å². The summed E-state index contributed by atoms with van der Waals surface area (Å²) >= 11 is 0. The second-order valence-electron chi connectivity index (χ2n) is 6.47. The molecule has 3 aromatic heterocycles. The van der Waals surface area contributed by atoms with Crippen molar-refractivity contribution < 1.29 is 19.5 Å². The van der Waals surface area contributed by atoms with E-state index in [1.54, 1.807) is 28.6 Å². The van der Waals surface area contributed by atoms with Gasteiger partial charge in [0.15, 0.2) is 0 Å². The van der Waals surface area contributed by atoms with Crippen molar-refractivity contribution in [2.24, 2.45) is 0 Å². The Bertz CT molecular complexity index is 993. The SMILES string of the molecule is Cc1cc(C(=O)N2CCn3nc([C@@H](O)CO)cc3C2)c2c(C)noc2n1. The van der Waals surface area contributed by atoms with Gasteiger partial charge in [0.2, 0.25) is 0 Å². The summed E-state index contributed by atoms with van der Waals surface area (Å²) in [6, 6.07) is 3.47. The number of hydrogen-bond donors (Lipinski definition) is 2. The number of pyridine rings is 1. The van der Waals surface area contributed by atoms with Crippen molar-refractivity contribution >= 4 is 17.0 Å². The molecule has 1 aliphatic rings. The van der Waals surface area contributed by atoms with Gasteiger partial charge in [-0.2, -0.15) is 5.10 Å². The van der Waals surface area contributed by atoms with Crippen molar-refractivity contribution in [2.45, 2.75) is 33.0 Å². The minimum atomic E-state index is -1.01. The molecule has 0 spiro atoms. The maximum Gasteiger partial charge on any atom is 0.258 e. The zero-order valence-corrected chi connectivity index (χ0v) is 14.5. The van der Waals surface area contributed by atoms with Crippen molar-refractivity contribution in [1.82, 2.24) is 24.8 Å². The lowest BCUT2D eigenvalue weighted by Gasteiger charge is -2.28. The van der Waals surface area contributed by atoms with E-state index < -0.39 is 6.10 Å². The molecular weight excluding hydrogens is 338 g/mol. The lowest BCUT2D eigenvalue weighted by molar-refractivity contribution is 0.0706. The Morgan fingerprint density at radius 1 is 1.35 bits per heavy atom. The Balaban J connectivity index is 1.66. The molecule has 2 N–H and O–H groups in total. The van der Waals surface area contributed by atoms with Crippen LogP contribution in [0.5, 0.6) is 0 Å². The Hall–Kier alpha value is -2.78. The maximum absolute atomic E-state index is 13.1. The van der Waals surface area contributed by atoms with E-state index in [4.69, 9.17) is 9.63 Å². The van der Waals surface area contributed by atoms with Crippen LogP contribution in [0.4, 0.5) is 0 Å². The van der Waals surface area contributed by atoms with Gasteiger partial charge >= 0.3 is 0 Å². The molecule has 0 bridgehead atoms. The van der Waals surface area contributed by atoms with Gasteiger partial charge in [0, 0.05) is 12.2 Å². The Labute approximate surface area is 148 Å². The molecule has 0 saturated heterocycles. The van der Waals surface area contributed by atoms with E-state index >= 15 is 0 Å². The highest BCUT2D eigenvalue weighted by atomic mass is 16.5. The van der Waals surface area contributed by atoms with Crippen LogP contribution in [0.15, 0.2) is 16.7 Å². The fourth-order valence-electron chi connectivity index (χ4n) is 3.27. The van der Waals surface area contributed by atoms with Gasteiger partial charge in [0.25, 0.3) is 11.6 Å². The zero-order valence-electron chi connectivity index (χ0n) is 14.5. The minimum absolute atomic E-state index is 0.122. The molecule has 3 aromatic rings. The highest BCUT2D eigenvalue weighted by Crippen LogP contribution is 2.25. The predicted molar refractivity (Wildman–Crippen MR) is 90.3 cm³/mol. The van der Waals surface area contributed by atoms with Crippen LogP contribution in [0.25, 0.3) is 11.1 Å². The average molecular weight is 357 g/mol. The summed E-state index contributed by atoms with van der Waals surface area (Å²) in [5, 5.41) is 27.7. The van der Waals surface area contributed by atoms with Gasteiger partial charge < -0.3 is 19.6 Å². The largest absolute Gasteiger partial charge is 0.393 e. The second kappa shape index (κ2) is 6.19. The number of aliphatic hydroxyl groups is 2. The van der Waals surface area contributed by atoms with E-state index in [0.717, 1.165) is 5.69 Å². The van der Waals surface area contributed by atoms with Crippen LogP contribution in [-0.4, -0.2) is 54.1 Å². The molecule has 26 heavy (non-hydrogen) atoms. The molecule has 0 saturated carbocycles. The summed E-state index contributed by atoms with van der Waals surface area (Å²) in [5.74, 6) is -0.122. The van der Waals surface area contributed by atoms with E-state index in [-0.39, 0.29) is 12.5 Å². The quantitative estimate of drug-likeness (QED) is 0.709. The molecule has 9 heteroatoms. The number of aryl methyl sites for hydroxylation is 2. The standard InChI is InChI=1S/C17H19N5O4/c1-9-5-12(15-10(2)20-26-16(15)18-9)17(25)21-3-4-22-11(7-21)6-13(19-22)14(24)8-23/h5-6,14,23-24H,3-4,7-8H2,1-2H3/t14-/m0/s1. The van der Waals surface area contributed by atoms with Crippen LogP contribution in [0.3, 0.4) is 0 Å². The summed E-state index contributed by atoms with van der Waals surface area (Å²) in [6.45, 7) is 4.59. The third-order valence-corrected chi connectivity index (χ3v) is 4.59. The first-order chi connectivity index (χ1) is 12.5. The first-order valence-electron chi connectivity index (χ1n) is 8.36. The van der Waals surface area contributed by atoms with Gasteiger partial charge in [-0.15, -0.1) is 0 Å². The first-order valence-corrected chi connectivity index (χ1v) is 8.36. The summed E-state index contributed by atoms with van der Waals surface area (Å²) in [5.41, 5.74) is 3.43. The van der Waals surface area contributed by atoms with Crippen LogP contribution in [0.2, 0.25) is 0 Å². The molecule has 9 nitrogen and oxygen atoms in total. The van der Waals surface area contributed by atoms with Gasteiger partial charge in [-0.3, -0.25) is 9.48 Å². The fourth-order valence-corrected chi connectivity index (χ4v) is 3.27. The van der Waals surface area contributed by atoms with Crippen molar-refractivity contribution in [3.05, 3.63) is 40.5 Å². The molecule has 1 aliphatic heterocycles. The average Bonchev–Trinajstić information content (AvgIpc) is 3.22. The Morgan fingerprint density at radius 3 is 2.92 bits per heavy atom. The van der Waals surface area contributed by atoms with Crippen LogP contribution < -0.4 is 0 Å². The van der Waals surface area contributed by atoms with E-state index in [0.29, 0.717) is 53.4 Å². The smallest absolute Gasteiger partial charge is 0.258 e. The monoisotopic (exact) mass is 357 g/mol. The molecule has 0 unspecified atom stereocenters. The summed E-state index contributed by atoms with van der Waals surface area (Å²) in [6.07, 6.45) is -1.01. The van der Waals surface area contributed by atoms with Crippen molar-refractivity contribution in [1.29, 1.82) is 0 Å². The van der Waals surface area contributed by atoms with Crippen molar-refractivity contribution in [3.8, 4) is 0 Å². The van der Waals surface area contributed by atoms with Crippen LogP contribution in [0.1, 0.15) is 39.2 Å². The van der Waals surface area contributed by atoms with E-state index in [1.807, 2.05) is 6.92 Å². The normalized spacial score (nSPS) is 15.3. The summed E-state index contributed by atoms with van der Waals surface area (Å²) in [4.78, 5) is 19.1. The molecule has 0 radical (unpaired) electrons. The molecule has 4 heterocycles. The lowest BCUT2D eigenvalue weighted by atomic mass is 10.1. The molecule has 1 amide bonds. The second-order valence-corrected chi connectivity index (χ2v) is 6.47. The van der Waals surface area contributed by atoms with E-state index in [2.05, 4.69) is 15.2 Å². The number of amides is 1. The number of aliphatic hydroxyl groups excluding tert-OH is 2. The predicted octanol–water partition coefficient (Wildman–Crippen LogP) is 0.718. The topological polar surface area (TPSA) is 118 Å². The molecule has 0 aliphatic carbocycles.